The lowest BCUT2D eigenvalue weighted by molar-refractivity contribution is -0.140. The smallest absolute Gasteiger partial charge is 0.419 e. The molecular weight excluding hydrogens is 319 g/mol. The molecule has 2 aromatic rings. The van der Waals surface area contributed by atoms with Gasteiger partial charge in [0.1, 0.15) is 11.9 Å². The van der Waals surface area contributed by atoms with E-state index in [1.807, 2.05) is 24.3 Å². The summed E-state index contributed by atoms with van der Waals surface area (Å²) in [6.45, 7) is 0.899. The molecule has 0 aliphatic carbocycles. The molecule has 0 saturated heterocycles. The Kier molecular flexibility index (Phi) is 4.78. The fourth-order valence-corrected chi connectivity index (χ4v) is 2.87. The maximum absolute atomic E-state index is 13.2. The monoisotopic (exact) mass is 337 g/mol. The Bertz CT molecular complexity index is 703. The average Bonchev–Trinajstić information content (AvgIpc) is 2.56. The largest absolute Gasteiger partial charge is 0.482 e. The van der Waals surface area contributed by atoms with E-state index in [0.717, 1.165) is 17.2 Å². The zero-order valence-corrected chi connectivity index (χ0v) is 13.1. The maximum Gasteiger partial charge on any atom is 0.419 e. The number of rotatable bonds is 4. The van der Waals surface area contributed by atoms with Crippen molar-refractivity contribution >= 4 is 0 Å². The summed E-state index contributed by atoms with van der Waals surface area (Å²) in [5.41, 5.74) is 1.01. The minimum Gasteiger partial charge on any atom is -0.482 e. The van der Waals surface area contributed by atoms with E-state index in [9.17, 15) is 13.2 Å². The molecule has 0 aromatic heterocycles. The molecule has 6 heteroatoms. The molecule has 2 aromatic carbocycles. The first-order valence-corrected chi connectivity index (χ1v) is 7.67. The highest BCUT2D eigenvalue weighted by Gasteiger charge is 2.37. The van der Waals surface area contributed by atoms with Crippen molar-refractivity contribution in [3.8, 4) is 5.75 Å². The van der Waals surface area contributed by atoms with Gasteiger partial charge in [-0.05, 0) is 24.7 Å². The zero-order chi connectivity index (χ0) is 17.2. The normalized spacial score (nSPS) is 20.5. The number of nitrogens with one attached hydrogen (secondary N) is 1. The van der Waals surface area contributed by atoms with Crippen molar-refractivity contribution in [1.82, 2.24) is 5.32 Å². The summed E-state index contributed by atoms with van der Waals surface area (Å²) >= 11 is 0. The number of ether oxygens (including phenoxy) is 2. The highest BCUT2D eigenvalue weighted by atomic mass is 19.4. The lowest BCUT2D eigenvalue weighted by Crippen LogP contribution is -2.38. The number of alkyl halides is 3. The molecule has 1 heterocycles. The van der Waals surface area contributed by atoms with Gasteiger partial charge in [0, 0.05) is 12.1 Å². The van der Waals surface area contributed by atoms with E-state index in [4.69, 9.17) is 9.47 Å². The summed E-state index contributed by atoms with van der Waals surface area (Å²) in [4.78, 5) is 0. The number of benzene rings is 2. The molecule has 0 saturated carbocycles. The van der Waals surface area contributed by atoms with Crippen LogP contribution < -0.4 is 10.1 Å². The van der Waals surface area contributed by atoms with Gasteiger partial charge in [-0.15, -0.1) is 0 Å². The summed E-state index contributed by atoms with van der Waals surface area (Å²) in [6.07, 6.45) is -5.44. The molecule has 0 bridgehead atoms. The molecule has 0 unspecified atom stereocenters. The van der Waals surface area contributed by atoms with Crippen LogP contribution in [-0.2, 0) is 17.5 Å². The quantitative estimate of drug-likeness (QED) is 0.917. The van der Waals surface area contributed by atoms with E-state index in [-0.39, 0.29) is 11.9 Å². The molecule has 2 atom stereocenters. The molecule has 3 nitrogen and oxygen atoms in total. The molecule has 0 fully saturated rings. The van der Waals surface area contributed by atoms with Crippen LogP contribution in [0, 0.1) is 0 Å². The SMILES string of the molecule is CNC[C@H]1OCc2ccccc2[C@H]1Oc1ccccc1C(F)(F)F. The van der Waals surface area contributed by atoms with Gasteiger partial charge in [0.25, 0.3) is 0 Å². The number of hydrogen-bond acceptors (Lipinski definition) is 3. The van der Waals surface area contributed by atoms with Gasteiger partial charge in [-0.1, -0.05) is 36.4 Å². The van der Waals surface area contributed by atoms with E-state index in [0.29, 0.717) is 13.2 Å². The van der Waals surface area contributed by atoms with E-state index in [1.165, 1.54) is 18.2 Å². The lowest BCUT2D eigenvalue weighted by atomic mass is 9.95. The number of fused-ring (bicyclic) bond motifs is 1. The molecule has 1 aliphatic rings. The Hall–Kier alpha value is -2.05. The first-order valence-electron chi connectivity index (χ1n) is 7.67. The van der Waals surface area contributed by atoms with Crippen LogP contribution in [0.5, 0.6) is 5.75 Å². The molecule has 1 aliphatic heterocycles. The predicted octanol–water partition coefficient (Wildman–Crippen LogP) is 3.94. The van der Waals surface area contributed by atoms with Gasteiger partial charge in [0.05, 0.1) is 12.2 Å². The van der Waals surface area contributed by atoms with Crippen molar-refractivity contribution < 1.29 is 22.6 Å². The molecule has 128 valence electrons. The van der Waals surface area contributed by atoms with Gasteiger partial charge >= 0.3 is 6.18 Å². The maximum atomic E-state index is 13.2. The molecule has 24 heavy (non-hydrogen) atoms. The highest BCUT2D eigenvalue weighted by Crippen LogP contribution is 2.40. The third-order valence-corrected chi connectivity index (χ3v) is 4.00. The first-order chi connectivity index (χ1) is 11.5. The Morgan fingerprint density at radius 3 is 2.58 bits per heavy atom. The van der Waals surface area contributed by atoms with Crippen molar-refractivity contribution in [2.24, 2.45) is 0 Å². The van der Waals surface area contributed by atoms with Gasteiger partial charge in [-0.3, -0.25) is 0 Å². The van der Waals surface area contributed by atoms with Gasteiger partial charge in [0.15, 0.2) is 6.10 Å². The Morgan fingerprint density at radius 2 is 1.83 bits per heavy atom. The van der Waals surface area contributed by atoms with Crippen LogP contribution >= 0.6 is 0 Å². The van der Waals surface area contributed by atoms with Crippen LogP contribution in [0.15, 0.2) is 48.5 Å². The van der Waals surface area contributed by atoms with Crippen LogP contribution in [-0.4, -0.2) is 19.7 Å². The minimum atomic E-state index is -4.47. The molecule has 1 N–H and O–H groups in total. The van der Waals surface area contributed by atoms with Crippen molar-refractivity contribution in [3.05, 3.63) is 65.2 Å². The number of likely N-dealkylation sites (N-methyl/N-ethyl adjacent to an activating group) is 1. The van der Waals surface area contributed by atoms with E-state index < -0.39 is 17.8 Å². The van der Waals surface area contributed by atoms with Crippen LogP contribution in [0.1, 0.15) is 22.8 Å². The summed E-state index contributed by atoms with van der Waals surface area (Å²) < 4.78 is 51.3. The van der Waals surface area contributed by atoms with Gasteiger partial charge < -0.3 is 14.8 Å². The Morgan fingerprint density at radius 1 is 1.12 bits per heavy atom. The van der Waals surface area contributed by atoms with E-state index >= 15 is 0 Å². The van der Waals surface area contributed by atoms with E-state index in [2.05, 4.69) is 5.32 Å². The zero-order valence-electron chi connectivity index (χ0n) is 13.1. The number of halogens is 3. The van der Waals surface area contributed by atoms with Crippen LogP contribution in [0.25, 0.3) is 0 Å². The van der Waals surface area contributed by atoms with Crippen LogP contribution in [0.2, 0.25) is 0 Å². The summed E-state index contributed by atoms with van der Waals surface area (Å²) in [6, 6.07) is 12.8. The molecular formula is C18H18F3NO2. The molecule has 0 spiro atoms. The van der Waals surface area contributed by atoms with Gasteiger partial charge in [0.2, 0.25) is 0 Å². The number of para-hydroxylation sites is 1. The molecule has 0 amide bonds. The lowest BCUT2D eigenvalue weighted by Gasteiger charge is -2.34. The fourth-order valence-electron chi connectivity index (χ4n) is 2.87. The standard InChI is InChI=1S/C18H18F3NO2/c1-22-10-16-17(13-7-3-2-6-12(13)11-23-16)24-15-9-5-4-8-14(15)18(19,20)21/h2-9,16-17,22H,10-11H2,1H3/t16-,17-/m1/s1. The topological polar surface area (TPSA) is 30.5 Å². The van der Waals surface area contributed by atoms with Gasteiger partial charge in [-0.25, -0.2) is 0 Å². The highest BCUT2D eigenvalue weighted by molar-refractivity contribution is 5.38. The Balaban J connectivity index is 1.98. The van der Waals surface area contributed by atoms with Crippen molar-refractivity contribution in [3.63, 3.8) is 0 Å². The summed E-state index contributed by atoms with van der Waals surface area (Å²) in [5.74, 6) is -0.184. The second-order valence-corrected chi connectivity index (χ2v) is 5.64. The summed E-state index contributed by atoms with van der Waals surface area (Å²) in [7, 11) is 1.77. The minimum absolute atomic E-state index is 0.184. The van der Waals surface area contributed by atoms with Crippen LogP contribution in [0.3, 0.4) is 0 Å². The summed E-state index contributed by atoms with van der Waals surface area (Å²) in [5, 5.41) is 3.00. The van der Waals surface area contributed by atoms with Crippen molar-refractivity contribution in [2.45, 2.75) is 25.0 Å². The van der Waals surface area contributed by atoms with Crippen LogP contribution in [0.4, 0.5) is 13.2 Å². The second-order valence-electron chi connectivity index (χ2n) is 5.64. The van der Waals surface area contributed by atoms with Gasteiger partial charge in [-0.2, -0.15) is 13.2 Å². The predicted molar refractivity (Wildman–Crippen MR) is 83.8 cm³/mol. The van der Waals surface area contributed by atoms with Crippen molar-refractivity contribution in [1.29, 1.82) is 0 Å². The second kappa shape index (κ2) is 6.83. The first kappa shape index (κ1) is 16.8. The fraction of sp³-hybridized carbons (Fsp3) is 0.333. The number of hydrogen-bond donors (Lipinski definition) is 1. The van der Waals surface area contributed by atoms with Crippen molar-refractivity contribution in [2.75, 3.05) is 13.6 Å². The Labute approximate surface area is 138 Å². The molecule has 0 radical (unpaired) electrons. The molecule has 3 rings (SSSR count). The van der Waals surface area contributed by atoms with E-state index in [1.54, 1.807) is 7.05 Å². The average molecular weight is 337 g/mol. The third-order valence-electron chi connectivity index (χ3n) is 4.00. The third kappa shape index (κ3) is 3.39.